The summed E-state index contributed by atoms with van der Waals surface area (Å²) in [5.74, 6) is 0.792. The zero-order valence-electron chi connectivity index (χ0n) is 16.8. The second kappa shape index (κ2) is 7.24. The number of aromatic nitrogens is 5. The lowest BCUT2D eigenvalue weighted by Crippen LogP contribution is -2.28. The van der Waals surface area contributed by atoms with Crippen molar-refractivity contribution < 1.29 is 14.3 Å². The Balaban J connectivity index is 1.39. The van der Waals surface area contributed by atoms with Crippen LogP contribution in [0.1, 0.15) is 11.1 Å². The topological polar surface area (TPSA) is 113 Å². The van der Waals surface area contributed by atoms with Gasteiger partial charge in [0, 0.05) is 11.8 Å². The molecule has 0 spiro atoms. The minimum atomic E-state index is -0.444. The van der Waals surface area contributed by atoms with Crippen LogP contribution in [0, 0.1) is 13.8 Å². The van der Waals surface area contributed by atoms with Gasteiger partial charge in [0.2, 0.25) is 12.7 Å². The molecule has 0 aliphatic carbocycles. The zero-order valence-corrected chi connectivity index (χ0v) is 16.8. The average molecular weight is 418 g/mol. The molecule has 3 heterocycles. The molecule has 156 valence electrons. The number of hydrogen-bond donors (Lipinski definition) is 1. The number of carbonyl (C=O) groups is 1. The van der Waals surface area contributed by atoms with Gasteiger partial charge < -0.3 is 14.8 Å². The minimum Gasteiger partial charge on any atom is -0.454 e. The van der Waals surface area contributed by atoms with Gasteiger partial charge in [0.1, 0.15) is 12.9 Å². The van der Waals surface area contributed by atoms with E-state index < -0.39 is 5.56 Å². The highest BCUT2D eigenvalue weighted by Gasteiger charge is 2.17. The van der Waals surface area contributed by atoms with Crippen molar-refractivity contribution in [1.82, 2.24) is 24.5 Å². The summed E-state index contributed by atoms with van der Waals surface area (Å²) < 4.78 is 13.3. The van der Waals surface area contributed by atoms with Crippen LogP contribution in [0.3, 0.4) is 0 Å². The molecular formula is C21H18N6O4. The molecule has 10 nitrogen and oxygen atoms in total. The first kappa shape index (κ1) is 18.8. The summed E-state index contributed by atoms with van der Waals surface area (Å²) in [6, 6.07) is 10.9. The molecule has 1 aliphatic heterocycles. The van der Waals surface area contributed by atoms with E-state index in [9.17, 15) is 9.59 Å². The molecule has 0 fully saturated rings. The number of amides is 1. The second-order valence-electron chi connectivity index (χ2n) is 7.24. The van der Waals surface area contributed by atoms with Crippen LogP contribution in [0.4, 0.5) is 5.69 Å². The van der Waals surface area contributed by atoms with Gasteiger partial charge in [-0.25, -0.2) is 4.98 Å². The van der Waals surface area contributed by atoms with E-state index in [1.807, 2.05) is 32.0 Å². The lowest BCUT2D eigenvalue weighted by Gasteiger charge is -2.08. The fourth-order valence-electron chi connectivity index (χ4n) is 3.32. The molecule has 0 saturated heterocycles. The molecule has 1 amide bonds. The van der Waals surface area contributed by atoms with Crippen LogP contribution in [0.5, 0.6) is 11.5 Å². The Morgan fingerprint density at radius 2 is 1.94 bits per heavy atom. The van der Waals surface area contributed by atoms with E-state index in [1.54, 1.807) is 18.2 Å². The molecule has 2 aromatic carbocycles. The minimum absolute atomic E-state index is 0.0941. The predicted molar refractivity (Wildman–Crippen MR) is 112 cm³/mol. The molecule has 0 bridgehead atoms. The summed E-state index contributed by atoms with van der Waals surface area (Å²) in [7, 11) is 0. The zero-order chi connectivity index (χ0) is 21.5. The SMILES string of the molecule is Cc1ccc(-n2nnc3c(=O)n(CC(=O)Nc4ccc5c(c4)OCO5)cnc32)cc1C. The van der Waals surface area contributed by atoms with E-state index in [2.05, 4.69) is 20.6 Å². The highest BCUT2D eigenvalue weighted by atomic mass is 16.7. The summed E-state index contributed by atoms with van der Waals surface area (Å²) >= 11 is 0. The monoisotopic (exact) mass is 418 g/mol. The van der Waals surface area contributed by atoms with Crippen molar-refractivity contribution in [2.75, 3.05) is 12.1 Å². The van der Waals surface area contributed by atoms with Crippen molar-refractivity contribution in [2.45, 2.75) is 20.4 Å². The Bertz CT molecular complexity index is 1390. The lowest BCUT2D eigenvalue weighted by molar-refractivity contribution is -0.116. The van der Waals surface area contributed by atoms with Gasteiger partial charge in [-0.2, -0.15) is 4.68 Å². The standard InChI is InChI=1S/C21H18N6O4/c1-12-3-5-15(7-13(12)2)27-20-19(24-25-27)21(29)26(10-22-20)9-18(28)23-14-4-6-16-17(8-14)31-11-30-16/h3-8,10H,9,11H2,1-2H3,(H,23,28). The van der Waals surface area contributed by atoms with Gasteiger partial charge in [-0.3, -0.25) is 14.2 Å². The summed E-state index contributed by atoms with van der Waals surface area (Å²) in [6.07, 6.45) is 1.32. The number of benzene rings is 2. The Morgan fingerprint density at radius 3 is 2.77 bits per heavy atom. The van der Waals surface area contributed by atoms with Crippen molar-refractivity contribution in [3.05, 3.63) is 64.2 Å². The van der Waals surface area contributed by atoms with E-state index in [1.165, 1.54) is 15.6 Å². The van der Waals surface area contributed by atoms with Crippen molar-refractivity contribution in [3.63, 3.8) is 0 Å². The first-order chi connectivity index (χ1) is 15.0. The number of carbonyl (C=O) groups excluding carboxylic acids is 1. The second-order valence-corrected chi connectivity index (χ2v) is 7.24. The van der Waals surface area contributed by atoms with Crippen LogP contribution in [0.2, 0.25) is 0 Å². The van der Waals surface area contributed by atoms with E-state index in [-0.39, 0.29) is 24.8 Å². The number of fused-ring (bicyclic) bond motifs is 2. The van der Waals surface area contributed by atoms with Crippen molar-refractivity contribution in [1.29, 1.82) is 0 Å². The normalized spacial score (nSPS) is 12.3. The Kier molecular flexibility index (Phi) is 4.39. The van der Waals surface area contributed by atoms with Gasteiger partial charge in [0.15, 0.2) is 22.7 Å². The van der Waals surface area contributed by atoms with Gasteiger partial charge in [0.25, 0.3) is 5.56 Å². The Morgan fingerprint density at radius 1 is 1.10 bits per heavy atom. The quantitative estimate of drug-likeness (QED) is 0.539. The first-order valence-electron chi connectivity index (χ1n) is 9.57. The number of aryl methyl sites for hydroxylation is 2. The average Bonchev–Trinajstić information content (AvgIpc) is 3.39. The number of anilines is 1. The predicted octanol–water partition coefficient (Wildman–Crippen LogP) is 1.96. The van der Waals surface area contributed by atoms with Crippen LogP contribution in [-0.2, 0) is 11.3 Å². The fraction of sp³-hybridized carbons (Fsp3) is 0.190. The van der Waals surface area contributed by atoms with Crippen LogP contribution >= 0.6 is 0 Å². The van der Waals surface area contributed by atoms with Crippen LogP contribution < -0.4 is 20.3 Å². The largest absolute Gasteiger partial charge is 0.454 e. The van der Waals surface area contributed by atoms with Gasteiger partial charge in [0.05, 0.1) is 5.69 Å². The van der Waals surface area contributed by atoms with Crippen LogP contribution in [0.15, 0.2) is 47.5 Å². The summed E-state index contributed by atoms with van der Waals surface area (Å²) in [6.45, 7) is 3.95. The maximum absolute atomic E-state index is 12.8. The molecule has 0 atom stereocenters. The molecule has 0 unspecified atom stereocenters. The van der Waals surface area contributed by atoms with Crippen molar-refractivity contribution in [3.8, 4) is 17.2 Å². The van der Waals surface area contributed by atoms with Crippen LogP contribution in [-0.4, -0.2) is 37.2 Å². The summed E-state index contributed by atoms with van der Waals surface area (Å²) in [4.78, 5) is 29.6. The van der Waals surface area contributed by atoms with E-state index in [4.69, 9.17) is 9.47 Å². The molecule has 4 aromatic rings. The number of ether oxygens (including phenoxy) is 2. The number of nitrogens with one attached hydrogen (secondary N) is 1. The summed E-state index contributed by atoms with van der Waals surface area (Å²) in [5.41, 5.74) is 3.53. The smallest absolute Gasteiger partial charge is 0.284 e. The molecule has 1 aliphatic rings. The highest BCUT2D eigenvalue weighted by molar-refractivity contribution is 5.91. The van der Waals surface area contributed by atoms with Gasteiger partial charge in [-0.1, -0.05) is 11.3 Å². The maximum Gasteiger partial charge on any atom is 0.284 e. The fourth-order valence-corrected chi connectivity index (χ4v) is 3.32. The summed E-state index contributed by atoms with van der Waals surface area (Å²) in [5, 5.41) is 10.8. The molecule has 2 aromatic heterocycles. The molecular weight excluding hydrogens is 400 g/mol. The third kappa shape index (κ3) is 3.37. The van der Waals surface area contributed by atoms with Crippen molar-refractivity contribution in [2.24, 2.45) is 0 Å². The van der Waals surface area contributed by atoms with Gasteiger partial charge in [-0.05, 0) is 49.2 Å². The van der Waals surface area contributed by atoms with E-state index >= 15 is 0 Å². The van der Waals surface area contributed by atoms with Gasteiger partial charge >= 0.3 is 0 Å². The van der Waals surface area contributed by atoms with E-state index in [0.717, 1.165) is 16.8 Å². The first-order valence-corrected chi connectivity index (χ1v) is 9.57. The molecule has 10 heteroatoms. The third-order valence-electron chi connectivity index (χ3n) is 5.13. The third-order valence-corrected chi connectivity index (χ3v) is 5.13. The van der Waals surface area contributed by atoms with Crippen LogP contribution in [0.25, 0.3) is 16.9 Å². The van der Waals surface area contributed by atoms with Crippen molar-refractivity contribution >= 4 is 22.8 Å². The maximum atomic E-state index is 12.8. The molecule has 31 heavy (non-hydrogen) atoms. The van der Waals surface area contributed by atoms with E-state index in [0.29, 0.717) is 22.8 Å². The molecule has 0 saturated carbocycles. The number of nitrogens with zero attached hydrogens (tertiary/aromatic N) is 5. The Labute approximate surface area is 176 Å². The van der Waals surface area contributed by atoms with Gasteiger partial charge in [-0.15, -0.1) is 5.10 Å². The lowest BCUT2D eigenvalue weighted by atomic mass is 10.1. The number of hydrogen-bond acceptors (Lipinski definition) is 7. The molecule has 1 N–H and O–H groups in total. The highest BCUT2D eigenvalue weighted by Crippen LogP contribution is 2.34. The molecule has 5 rings (SSSR count). The Hall–Kier alpha value is -4.21. The number of rotatable bonds is 4. The molecule has 0 radical (unpaired) electrons.